The molecule has 34 heavy (non-hydrogen) atoms. The normalized spacial score (nSPS) is 13.9. The van der Waals surface area contributed by atoms with Gasteiger partial charge in [0.25, 0.3) is 0 Å². The number of rotatable bonds is 10. The van der Waals surface area contributed by atoms with Gasteiger partial charge in [-0.05, 0) is 49.7 Å². The van der Waals surface area contributed by atoms with Crippen LogP contribution >= 0.6 is 0 Å². The van der Waals surface area contributed by atoms with Gasteiger partial charge in [0.2, 0.25) is 0 Å². The first-order valence-corrected chi connectivity index (χ1v) is 11.4. The monoisotopic (exact) mass is 517 g/mol. The van der Waals surface area contributed by atoms with E-state index in [4.69, 9.17) is 0 Å². The largest absolute Gasteiger partial charge is 0.461 e. The molecular weight excluding hydrogens is 495 g/mol. The van der Waals surface area contributed by atoms with Gasteiger partial charge in [-0.2, -0.15) is 30.7 Å². The van der Waals surface area contributed by atoms with Crippen LogP contribution in [0.2, 0.25) is 0 Å². The highest BCUT2D eigenvalue weighted by Gasteiger charge is 2.44. The van der Waals surface area contributed by atoms with Crippen LogP contribution in [0.5, 0.6) is 5.75 Å². The van der Waals surface area contributed by atoms with Crippen molar-refractivity contribution in [3.05, 3.63) is 54.1 Å². The first-order valence-electron chi connectivity index (χ1n) is 9.81. The zero-order valence-corrected chi connectivity index (χ0v) is 18.8. The fraction of sp³-hybridized carbons (Fsp3) is 0.429. The van der Waals surface area contributed by atoms with E-state index >= 15 is 0 Å². The Balaban J connectivity index is 2.43. The van der Waals surface area contributed by atoms with E-state index < -0.39 is 58.7 Å². The Morgan fingerprint density at radius 2 is 1.62 bits per heavy atom. The maximum Gasteiger partial charge on any atom is 0.461 e. The number of ether oxygens (including phenoxy) is 1. The molecule has 190 valence electrons. The Labute approximate surface area is 191 Å². The van der Waals surface area contributed by atoms with Gasteiger partial charge >= 0.3 is 18.7 Å². The summed E-state index contributed by atoms with van der Waals surface area (Å²) in [6, 6.07) is 9.39. The van der Waals surface area contributed by atoms with Crippen molar-refractivity contribution >= 4 is 15.5 Å². The average molecular weight is 517 g/mol. The molecule has 0 saturated heterocycles. The highest BCUT2D eigenvalue weighted by Crippen LogP contribution is 2.30. The molecule has 0 spiro atoms. The lowest BCUT2D eigenvalue weighted by atomic mass is 10.1. The Morgan fingerprint density at radius 1 is 1.00 bits per heavy atom. The summed E-state index contributed by atoms with van der Waals surface area (Å²) < 4.78 is 119. The number of alkyl halides is 7. The maximum atomic E-state index is 13.2. The van der Waals surface area contributed by atoms with E-state index in [1.165, 1.54) is 44.2 Å². The molecule has 0 saturated carbocycles. The van der Waals surface area contributed by atoms with Crippen molar-refractivity contribution in [1.29, 1.82) is 0 Å². The van der Waals surface area contributed by atoms with Gasteiger partial charge in [-0.3, -0.25) is 0 Å². The van der Waals surface area contributed by atoms with Gasteiger partial charge in [-0.1, -0.05) is 18.2 Å². The quantitative estimate of drug-likeness (QED) is 0.448. The molecule has 2 aromatic carbocycles. The van der Waals surface area contributed by atoms with Gasteiger partial charge in [-0.15, -0.1) is 0 Å². The molecule has 0 heterocycles. The Hall–Kier alpha value is -2.54. The van der Waals surface area contributed by atoms with Gasteiger partial charge in [-0.25, -0.2) is 8.42 Å². The number of aliphatic hydroxyl groups is 1. The van der Waals surface area contributed by atoms with Gasteiger partial charge in [0.1, 0.15) is 5.75 Å². The molecule has 0 bridgehead atoms. The van der Waals surface area contributed by atoms with E-state index in [0.717, 1.165) is 23.1 Å². The lowest BCUT2D eigenvalue weighted by molar-refractivity contribution is -0.253. The topological polar surface area (TPSA) is 66.8 Å². The van der Waals surface area contributed by atoms with E-state index in [1.807, 2.05) is 0 Å². The smallest absolute Gasteiger partial charge is 0.428 e. The van der Waals surface area contributed by atoms with Crippen molar-refractivity contribution in [1.82, 2.24) is 0 Å². The van der Waals surface area contributed by atoms with E-state index in [9.17, 15) is 44.3 Å². The number of benzene rings is 2. The first kappa shape index (κ1) is 27.7. The minimum absolute atomic E-state index is 0.00532. The third-order valence-electron chi connectivity index (χ3n) is 4.68. The Bertz CT molecular complexity index is 1070. The number of nitrogens with zero attached hydrogens (tertiary/aromatic N) is 1. The van der Waals surface area contributed by atoms with Gasteiger partial charge in [0.05, 0.1) is 16.7 Å². The van der Waals surface area contributed by atoms with Crippen LogP contribution in [0.15, 0.2) is 53.4 Å². The van der Waals surface area contributed by atoms with Crippen LogP contribution in [-0.2, 0) is 16.4 Å². The molecule has 0 fully saturated rings. The molecule has 0 aliphatic carbocycles. The molecule has 0 amide bonds. The van der Waals surface area contributed by atoms with Crippen molar-refractivity contribution in [2.24, 2.45) is 0 Å². The molecule has 0 aliphatic rings. The van der Waals surface area contributed by atoms with E-state index in [-0.39, 0.29) is 16.1 Å². The zero-order valence-electron chi connectivity index (χ0n) is 17.9. The molecule has 1 atom stereocenters. The minimum atomic E-state index is -5.00. The molecule has 1 N–H and O–H groups in total. The van der Waals surface area contributed by atoms with Crippen molar-refractivity contribution in [2.45, 2.75) is 55.4 Å². The number of hydrogen-bond acceptors (Lipinski definition) is 5. The number of sulfone groups is 1. The number of halogens is 7. The number of hydrogen-bond donors (Lipinski definition) is 1. The van der Waals surface area contributed by atoms with Crippen LogP contribution in [-0.4, -0.2) is 50.1 Å². The average Bonchev–Trinajstić information content (AvgIpc) is 2.72. The number of anilines is 1. The third kappa shape index (κ3) is 6.98. The summed E-state index contributed by atoms with van der Waals surface area (Å²) in [6.45, 7) is 1.41. The van der Waals surface area contributed by atoms with Crippen molar-refractivity contribution in [3.8, 4) is 5.75 Å². The molecule has 2 aromatic rings. The zero-order chi connectivity index (χ0) is 25.9. The van der Waals surface area contributed by atoms with E-state index in [1.54, 1.807) is 0 Å². The second kappa shape index (κ2) is 10.4. The highest BCUT2D eigenvalue weighted by atomic mass is 32.2. The van der Waals surface area contributed by atoms with Crippen molar-refractivity contribution in [2.75, 3.05) is 11.4 Å². The van der Waals surface area contributed by atoms with Crippen molar-refractivity contribution in [3.63, 3.8) is 0 Å². The second-order valence-electron chi connectivity index (χ2n) is 7.64. The standard InChI is InChI=1S/C21H22F7NO4S/c1-13(2)34(31,32)17-8-4-6-15(10-17)29(12-18(30)20(24,25)26)11-14-5-3-7-16(9-14)33-21(27,28)19(22)23/h3-10,13,18-19,30H,11-12H2,1-2H3. The summed E-state index contributed by atoms with van der Waals surface area (Å²) in [5.74, 6) is -0.657. The van der Waals surface area contributed by atoms with Crippen LogP contribution < -0.4 is 9.64 Å². The van der Waals surface area contributed by atoms with Gasteiger partial charge < -0.3 is 14.7 Å². The predicted molar refractivity (Wildman–Crippen MR) is 110 cm³/mol. The van der Waals surface area contributed by atoms with Crippen molar-refractivity contribution < 1.29 is 49.0 Å². The van der Waals surface area contributed by atoms with Gasteiger partial charge in [0.15, 0.2) is 15.9 Å². The lowest BCUT2D eigenvalue weighted by Gasteiger charge is -2.29. The summed E-state index contributed by atoms with van der Waals surface area (Å²) in [5, 5.41) is 8.77. The summed E-state index contributed by atoms with van der Waals surface area (Å²) >= 11 is 0. The van der Waals surface area contributed by atoms with Crippen LogP contribution in [0.4, 0.5) is 36.4 Å². The predicted octanol–water partition coefficient (Wildman–Crippen LogP) is 5.04. The summed E-state index contributed by atoms with van der Waals surface area (Å²) in [6.07, 6.45) is -16.7. The third-order valence-corrected chi connectivity index (χ3v) is 6.84. The molecule has 0 aliphatic heterocycles. The van der Waals surface area contributed by atoms with E-state index in [0.29, 0.717) is 0 Å². The molecule has 1 unspecified atom stereocenters. The molecule has 0 radical (unpaired) electrons. The fourth-order valence-corrected chi connectivity index (χ4v) is 3.93. The Kier molecular flexibility index (Phi) is 8.46. The summed E-state index contributed by atoms with van der Waals surface area (Å²) in [5.41, 5.74) is 0.0725. The molecule has 5 nitrogen and oxygen atoms in total. The van der Waals surface area contributed by atoms with Crippen LogP contribution in [0.3, 0.4) is 0 Å². The van der Waals surface area contributed by atoms with E-state index in [2.05, 4.69) is 4.74 Å². The lowest BCUT2D eigenvalue weighted by Crippen LogP contribution is -2.41. The molecular formula is C21H22F7NO4S. The molecule has 13 heteroatoms. The Morgan fingerprint density at radius 3 is 2.18 bits per heavy atom. The molecule has 0 aromatic heterocycles. The fourth-order valence-electron chi connectivity index (χ4n) is 2.83. The SMILES string of the molecule is CC(C)S(=O)(=O)c1cccc(N(Cc2cccc(OC(F)(F)C(F)F)c2)CC(O)C(F)(F)F)c1. The summed E-state index contributed by atoms with van der Waals surface area (Å²) in [7, 11) is -3.78. The number of aliphatic hydroxyl groups excluding tert-OH is 1. The highest BCUT2D eigenvalue weighted by molar-refractivity contribution is 7.92. The second-order valence-corrected chi connectivity index (χ2v) is 10.1. The maximum absolute atomic E-state index is 13.2. The van der Waals surface area contributed by atoms with Crippen LogP contribution in [0.25, 0.3) is 0 Å². The minimum Gasteiger partial charge on any atom is -0.428 e. The summed E-state index contributed by atoms with van der Waals surface area (Å²) in [4.78, 5) is 0.821. The van der Waals surface area contributed by atoms with Crippen LogP contribution in [0, 0.1) is 0 Å². The van der Waals surface area contributed by atoms with Crippen LogP contribution in [0.1, 0.15) is 19.4 Å². The van der Waals surface area contributed by atoms with Gasteiger partial charge in [0, 0.05) is 12.2 Å². The first-order chi connectivity index (χ1) is 15.5. The molecule has 2 rings (SSSR count).